The van der Waals surface area contributed by atoms with Crippen LogP contribution < -0.4 is 5.32 Å². The van der Waals surface area contributed by atoms with E-state index in [-0.39, 0.29) is 21.5 Å². The average molecular weight is 517 g/mol. The summed E-state index contributed by atoms with van der Waals surface area (Å²) >= 11 is 14.3. The third kappa shape index (κ3) is 4.12. The van der Waals surface area contributed by atoms with Crippen LogP contribution >= 0.6 is 46.7 Å². The van der Waals surface area contributed by atoms with Gasteiger partial charge in [-0.2, -0.15) is 0 Å². The molecule has 168 valence electrons. The number of carbonyl (C=O) groups excluding carboxylic acids is 2. The molecule has 0 saturated carbocycles. The Morgan fingerprint density at radius 1 is 1.44 bits per heavy atom. The molecular formula is C17H14Cl2N6O5S2. The number of thioether (sulfide) groups is 2. The van der Waals surface area contributed by atoms with Gasteiger partial charge in [0.1, 0.15) is 32.9 Å². The van der Waals surface area contributed by atoms with Gasteiger partial charge in [0.25, 0.3) is 11.8 Å². The summed E-state index contributed by atoms with van der Waals surface area (Å²) in [5, 5.41) is 23.4. The highest BCUT2D eigenvalue weighted by molar-refractivity contribution is 8.01. The van der Waals surface area contributed by atoms with E-state index in [9.17, 15) is 19.5 Å². The molecule has 2 atom stereocenters. The summed E-state index contributed by atoms with van der Waals surface area (Å²) in [4.78, 5) is 38.7. The SMILES string of the molecule is Cn1nnnc1SCC1=C(C(=O)O)N2C(=O)C(NC(=O)C(=C(Cl)Cl)c3ccco3)[C@H]2SC1. The monoisotopic (exact) mass is 516 g/mol. The van der Waals surface area contributed by atoms with Gasteiger partial charge < -0.3 is 14.8 Å². The Labute approximate surface area is 199 Å². The number of carboxylic acids is 1. The second kappa shape index (κ2) is 9.17. The van der Waals surface area contributed by atoms with Crippen LogP contribution in [0.1, 0.15) is 5.76 Å². The van der Waals surface area contributed by atoms with E-state index in [1.165, 1.54) is 45.4 Å². The molecule has 2 aromatic heterocycles. The molecule has 2 amide bonds. The Balaban J connectivity index is 1.51. The average Bonchev–Trinajstić information content (AvgIpc) is 3.41. The summed E-state index contributed by atoms with van der Waals surface area (Å²) in [7, 11) is 1.67. The molecule has 2 aliphatic heterocycles. The van der Waals surface area contributed by atoms with Crippen LogP contribution in [0, 0.1) is 0 Å². The predicted octanol–water partition coefficient (Wildman–Crippen LogP) is 1.48. The van der Waals surface area contributed by atoms with Crippen LogP contribution in [0.2, 0.25) is 0 Å². The van der Waals surface area contributed by atoms with Crippen molar-refractivity contribution in [1.82, 2.24) is 30.4 Å². The van der Waals surface area contributed by atoms with Gasteiger partial charge in [0, 0.05) is 18.6 Å². The Bertz CT molecular complexity index is 1140. The van der Waals surface area contributed by atoms with E-state index in [1.54, 1.807) is 13.1 Å². The van der Waals surface area contributed by atoms with Gasteiger partial charge in [-0.15, -0.1) is 16.9 Å². The quantitative estimate of drug-likeness (QED) is 0.315. The maximum Gasteiger partial charge on any atom is 0.352 e. The minimum Gasteiger partial charge on any atom is -0.477 e. The number of rotatable bonds is 7. The summed E-state index contributed by atoms with van der Waals surface area (Å²) in [6.45, 7) is 0. The van der Waals surface area contributed by atoms with Crippen LogP contribution in [-0.2, 0) is 21.4 Å². The number of hydrogen-bond donors (Lipinski definition) is 2. The molecule has 2 aromatic rings. The molecule has 0 aromatic carbocycles. The smallest absolute Gasteiger partial charge is 0.352 e. The van der Waals surface area contributed by atoms with E-state index >= 15 is 0 Å². The molecule has 0 aliphatic carbocycles. The molecule has 2 aliphatic rings. The second-order valence-corrected chi connectivity index (χ2v) is 9.60. The molecule has 2 N–H and O–H groups in total. The Morgan fingerprint density at radius 3 is 2.81 bits per heavy atom. The number of aromatic nitrogens is 4. The van der Waals surface area contributed by atoms with Crippen molar-refractivity contribution in [3.63, 3.8) is 0 Å². The summed E-state index contributed by atoms with van der Waals surface area (Å²) in [5.74, 6) is -1.66. The van der Waals surface area contributed by atoms with Crippen molar-refractivity contribution in [3.8, 4) is 0 Å². The molecule has 4 heterocycles. The molecule has 32 heavy (non-hydrogen) atoms. The van der Waals surface area contributed by atoms with Gasteiger partial charge in [-0.3, -0.25) is 14.5 Å². The highest BCUT2D eigenvalue weighted by Crippen LogP contribution is 2.41. The number of aryl methyl sites for hydroxylation is 1. The minimum absolute atomic E-state index is 0.0935. The van der Waals surface area contributed by atoms with Crippen LogP contribution in [0.15, 0.2) is 43.7 Å². The first kappa shape index (κ1) is 22.7. The van der Waals surface area contributed by atoms with Crippen LogP contribution in [-0.4, -0.2) is 70.9 Å². The van der Waals surface area contributed by atoms with Crippen molar-refractivity contribution in [2.75, 3.05) is 11.5 Å². The van der Waals surface area contributed by atoms with Gasteiger partial charge in [0.2, 0.25) is 5.16 Å². The third-order valence-corrected chi connectivity index (χ3v) is 7.49. The molecule has 11 nitrogen and oxygen atoms in total. The van der Waals surface area contributed by atoms with Gasteiger partial charge in [0.15, 0.2) is 0 Å². The van der Waals surface area contributed by atoms with E-state index in [4.69, 9.17) is 27.6 Å². The molecule has 0 bridgehead atoms. The zero-order chi connectivity index (χ0) is 23.0. The van der Waals surface area contributed by atoms with Crippen LogP contribution in [0.3, 0.4) is 0 Å². The molecular weight excluding hydrogens is 503 g/mol. The zero-order valence-electron chi connectivity index (χ0n) is 16.2. The highest BCUT2D eigenvalue weighted by Gasteiger charge is 2.54. The number of tetrazole rings is 1. The largest absolute Gasteiger partial charge is 0.477 e. The lowest BCUT2D eigenvalue weighted by atomic mass is 10.0. The van der Waals surface area contributed by atoms with Gasteiger partial charge in [-0.05, 0) is 28.1 Å². The van der Waals surface area contributed by atoms with E-state index in [0.29, 0.717) is 22.2 Å². The number of fused-ring (bicyclic) bond motifs is 1. The molecule has 0 radical (unpaired) electrons. The number of hydrogen-bond acceptors (Lipinski definition) is 9. The van der Waals surface area contributed by atoms with Gasteiger partial charge in [-0.25, -0.2) is 9.48 Å². The number of halogens is 2. The Morgan fingerprint density at radius 2 is 2.22 bits per heavy atom. The summed E-state index contributed by atoms with van der Waals surface area (Å²) in [5.41, 5.74) is 0.350. The normalized spacial score (nSPS) is 20.0. The lowest BCUT2D eigenvalue weighted by molar-refractivity contribution is -0.150. The highest BCUT2D eigenvalue weighted by atomic mass is 35.5. The minimum atomic E-state index is -1.22. The number of nitrogens with zero attached hydrogens (tertiary/aromatic N) is 5. The van der Waals surface area contributed by atoms with E-state index < -0.39 is 29.2 Å². The topological polar surface area (TPSA) is 143 Å². The van der Waals surface area contributed by atoms with Crippen LogP contribution in [0.4, 0.5) is 0 Å². The number of carboxylic acid groups (broad SMARTS) is 1. The maximum absolute atomic E-state index is 12.8. The number of furan rings is 1. The molecule has 15 heteroatoms. The van der Waals surface area contributed by atoms with Crippen molar-refractivity contribution in [3.05, 3.63) is 39.9 Å². The van der Waals surface area contributed by atoms with E-state index in [1.807, 2.05) is 0 Å². The Kier molecular flexibility index (Phi) is 6.51. The van der Waals surface area contributed by atoms with Crippen LogP contribution in [0.25, 0.3) is 5.57 Å². The van der Waals surface area contributed by atoms with Gasteiger partial charge in [-0.1, -0.05) is 35.0 Å². The van der Waals surface area contributed by atoms with Crippen molar-refractivity contribution in [2.24, 2.45) is 7.05 Å². The third-order valence-electron chi connectivity index (χ3n) is 4.68. The van der Waals surface area contributed by atoms with Crippen molar-refractivity contribution >= 4 is 70.1 Å². The number of amides is 2. The standard InChI is InChI=1S/C17H14Cl2N6O5S2/c1-24-17(21-22-23-24)32-6-7-5-31-15-10(14(27)25(15)11(7)16(28)29)20-13(26)9(12(18)19)8-3-2-4-30-8/h2-4,10,15H,5-6H2,1H3,(H,20,26)(H,28,29)/t10?,15-/m1/s1. The number of aliphatic carboxylic acids is 1. The molecule has 0 spiro atoms. The lowest BCUT2D eigenvalue weighted by Crippen LogP contribution is -2.70. The second-order valence-electron chi connectivity index (χ2n) is 6.60. The molecule has 1 fully saturated rings. The summed E-state index contributed by atoms with van der Waals surface area (Å²) in [6.07, 6.45) is 1.35. The first-order valence-corrected chi connectivity index (χ1v) is 11.7. The van der Waals surface area contributed by atoms with E-state index in [0.717, 1.165) is 0 Å². The van der Waals surface area contributed by atoms with E-state index in [2.05, 4.69) is 20.8 Å². The first-order valence-electron chi connectivity index (χ1n) is 8.94. The molecule has 1 saturated heterocycles. The fraction of sp³-hybridized carbons (Fsp3) is 0.294. The lowest BCUT2D eigenvalue weighted by Gasteiger charge is -2.49. The van der Waals surface area contributed by atoms with Crippen molar-refractivity contribution < 1.29 is 23.9 Å². The van der Waals surface area contributed by atoms with Crippen molar-refractivity contribution in [1.29, 1.82) is 0 Å². The van der Waals surface area contributed by atoms with Gasteiger partial charge in [0.05, 0.1) is 6.26 Å². The Hall–Kier alpha value is -2.48. The summed E-state index contributed by atoms with van der Waals surface area (Å²) < 4.78 is 6.33. The fourth-order valence-corrected chi connectivity index (χ4v) is 5.91. The predicted molar refractivity (Wildman–Crippen MR) is 117 cm³/mol. The number of β-lactam (4-membered cyclic amide) rings is 1. The molecule has 4 rings (SSSR count). The number of nitrogens with one attached hydrogen (secondary N) is 1. The summed E-state index contributed by atoms with van der Waals surface area (Å²) in [6, 6.07) is 2.13. The maximum atomic E-state index is 12.8. The molecule has 1 unspecified atom stereocenters. The fourth-order valence-electron chi connectivity index (χ4n) is 3.21. The van der Waals surface area contributed by atoms with Gasteiger partial charge >= 0.3 is 5.97 Å². The van der Waals surface area contributed by atoms with Crippen molar-refractivity contribution in [2.45, 2.75) is 16.6 Å². The van der Waals surface area contributed by atoms with Crippen LogP contribution in [0.5, 0.6) is 0 Å². The first-order chi connectivity index (χ1) is 15.3. The zero-order valence-corrected chi connectivity index (χ0v) is 19.3. The number of carbonyl (C=O) groups is 3.